The molecule has 0 aliphatic carbocycles. The van der Waals surface area contributed by atoms with E-state index in [-0.39, 0.29) is 0 Å². The SMILES string of the molecule is Clc1ccc(N2CCN(CCc3ccccc3Cl)CC2)c(Cl)c1. The summed E-state index contributed by atoms with van der Waals surface area (Å²) in [5, 5.41) is 2.26. The summed E-state index contributed by atoms with van der Waals surface area (Å²) in [5.74, 6) is 0. The minimum Gasteiger partial charge on any atom is -0.368 e. The van der Waals surface area contributed by atoms with Crippen LogP contribution < -0.4 is 4.90 Å². The quantitative estimate of drug-likeness (QED) is 0.747. The molecule has 0 spiro atoms. The van der Waals surface area contributed by atoms with Crippen LogP contribution in [0.5, 0.6) is 0 Å². The van der Waals surface area contributed by atoms with Gasteiger partial charge in [0.25, 0.3) is 0 Å². The van der Waals surface area contributed by atoms with Crippen LogP contribution in [0.3, 0.4) is 0 Å². The first-order chi connectivity index (χ1) is 11.1. The number of rotatable bonds is 4. The van der Waals surface area contributed by atoms with Crippen LogP contribution in [-0.4, -0.2) is 37.6 Å². The van der Waals surface area contributed by atoms with Gasteiger partial charge < -0.3 is 4.90 Å². The Morgan fingerprint density at radius 3 is 2.26 bits per heavy atom. The second-order valence-corrected chi connectivity index (χ2v) is 7.02. The number of benzene rings is 2. The molecule has 3 rings (SSSR count). The molecule has 2 aromatic carbocycles. The zero-order chi connectivity index (χ0) is 16.2. The van der Waals surface area contributed by atoms with Gasteiger partial charge in [-0.2, -0.15) is 0 Å². The molecule has 1 aliphatic heterocycles. The maximum absolute atomic E-state index is 6.30. The molecule has 1 aliphatic rings. The van der Waals surface area contributed by atoms with Crippen molar-refractivity contribution in [3.05, 3.63) is 63.1 Å². The monoisotopic (exact) mass is 368 g/mol. The summed E-state index contributed by atoms with van der Waals surface area (Å²) in [5.41, 5.74) is 2.29. The van der Waals surface area contributed by atoms with Gasteiger partial charge in [-0.1, -0.05) is 53.0 Å². The van der Waals surface area contributed by atoms with E-state index < -0.39 is 0 Å². The molecule has 0 N–H and O–H groups in total. The molecule has 1 saturated heterocycles. The molecular formula is C18H19Cl3N2. The molecule has 0 amide bonds. The van der Waals surface area contributed by atoms with Gasteiger partial charge >= 0.3 is 0 Å². The van der Waals surface area contributed by atoms with Crippen LogP contribution >= 0.6 is 34.8 Å². The minimum atomic E-state index is 0.678. The second-order valence-electron chi connectivity index (χ2n) is 5.77. The zero-order valence-corrected chi connectivity index (χ0v) is 15.1. The fraction of sp³-hybridized carbons (Fsp3) is 0.333. The number of anilines is 1. The Kier molecular flexibility index (Phi) is 5.71. The zero-order valence-electron chi connectivity index (χ0n) is 12.8. The summed E-state index contributed by atoms with van der Waals surface area (Å²) in [7, 11) is 0. The Morgan fingerprint density at radius 2 is 1.57 bits per heavy atom. The third kappa shape index (κ3) is 4.33. The molecule has 2 nitrogen and oxygen atoms in total. The van der Waals surface area contributed by atoms with Crippen molar-refractivity contribution in [1.29, 1.82) is 0 Å². The van der Waals surface area contributed by atoms with Gasteiger partial charge in [0.2, 0.25) is 0 Å². The Balaban J connectivity index is 1.53. The smallest absolute Gasteiger partial charge is 0.0654 e. The summed E-state index contributed by atoms with van der Waals surface area (Å²) in [6.45, 7) is 5.05. The van der Waals surface area contributed by atoms with Gasteiger partial charge in [0, 0.05) is 42.8 Å². The van der Waals surface area contributed by atoms with E-state index in [2.05, 4.69) is 15.9 Å². The van der Waals surface area contributed by atoms with Crippen molar-refractivity contribution < 1.29 is 0 Å². The van der Waals surface area contributed by atoms with Crippen LogP contribution in [0.25, 0.3) is 0 Å². The van der Waals surface area contributed by atoms with Crippen molar-refractivity contribution in [2.24, 2.45) is 0 Å². The highest BCUT2D eigenvalue weighted by atomic mass is 35.5. The third-order valence-corrected chi connectivity index (χ3v) is 5.18. The molecular weight excluding hydrogens is 351 g/mol. The highest BCUT2D eigenvalue weighted by molar-refractivity contribution is 6.36. The van der Waals surface area contributed by atoms with Gasteiger partial charge in [-0.3, -0.25) is 4.90 Å². The van der Waals surface area contributed by atoms with Crippen LogP contribution in [0.4, 0.5) is 5.69 Å². The third-order valence-electron chi connectivity index (χ3n) is 4.28. The van der Waals surface area contributed by atoms with Crippen molar-refractivity contribution >= 4 is 40.5 Å². The summed E-state index contributed by atoms with van der Waals surface area (Å²) in [6.07, 6.45) is 0.987. The van der Waals surface area contributed by atoms with Crippen molar-refractivity contribution in [3.8, 4) is 0 Å². The standard InChI is InChI=1S/C18H19Cl3N2/c19-15-5-6-18(17(21)13-15)23-11-9-22(10-12-23)8-7-14-3-1-2-4-16(14)20/h1-6,13H,7-12H2. The highest BCUT2D eigenvalue weighted by Gasteiger charge is 2.19. The lowest BCUT2D eigenvalue weighted by molar-refractivity contribution is 0.261. The summed E-state index contributed by atoms with van der Waals surface area (Å²) < 4.78 is 0. The average Bonchev–Trinajstić information content (AvgIpc) is 2.55. The van der Waals surface area contributed by atoms with Gasteiger partial charge in [-0.25, -0.2) is 0 Å². The van der Waals surface area contributed by atoms with Crippen LogP contribution in [0.2, 0.25) is 15.1 Å². The fourth-order valence-electron chi connectivity index (χ4n) is 2.93. The van der Waals surface area contributed by atoms with Crippen molar-refractivity contribution in [1.82, 2.24) is 4.90 Å². The van der Waals surface area contributed by atoms with Gasteiger partial charge in [-0.15, -0.1) is 0 Å². The topological polar surface area (TPSA) is 6.48 Å². The van der Waals surface area contributed by atoms with E-state index in [0.717, 1.165) is 54.9 Å². The second kappa shape index (κ2) is 7.76. The number of hydrogen-bond donors (Lipinski definition) is 0. The van der Waals surface area contributed by atoms with E-state index >= 15 is 0 Å². The molecule has 0 unspecified atom stereocenters. The fourth-order valence-corrected chi connectivity index (χ4v) is 3.69. The normalized spacial score (nSPS) is 15.9. The van der Waals surface area contributed by atoms with Crippen LogP contribution in [0.15, 0.2) is 42.5 Å². The summed E-state index contributed by atoms with van der Waals surface area (Å²) in [6, 6.07) is 13.8. The van der Waals surface area contributed by atoms with Crippen LogP contribution in [0.1, 0.15) is 5.56 Å². The van der Waals surface area contributed by atoms with E-state index in [9.17, 15) is 0 Å². The van der Waals surface area contributed by atoms with Gasteiger partial charge in [-0.05, 0) is 36.2 Å². The Bertz CT molecular complexity index is 667. The number of nitrogens with zero attached hydrogens (tertiary/aromatic N) is 2. The van der Waals surface area contributed by atoms with Crippen molar-refractivity contribution in [3.63, 3.8) is 0 Å². The largest absolute Gasteiger partial charge is 0.368 e. The number of hydrogen-bond acceptors (Lipinski definition) is 2. The Morgan fingerprint density at radius 1 is 0.826 bits per heavy atom. The molecule has 2 aromatic rings. The first kappa shape index (κ1) is 16.9. The van der Waals surface area contributed by atoms with E-state index in [1.54, 1.807) is 0 Å². The lowest BCUT2D eigenvalue weighted by atomic mass is 10.1. The predicted octanol–water partition coefficient (Wildman–Crippen LogP) is 5.01. The highest BCUT2D eigenvalue weighted by Crippen LogP contribution is 2.29. The lowest BCUT2D eigenvalue weighted by Gasteiger charge is -2.36. The van der Waals surface area contributed by atoms with E-state index in [1.165, 1.54) is 5.56 Å². The van der Waals surface area contributed by atoms with Crippen LogP contribution in [-0.2, 0) is 6.42 Å². The molecule has 1 fully saturated rings. The molecule has 0 aromatic heterocycles. The molecule has 0 saturated carbocycles. The molecule has 5 heteroatoms. The minimum absolute atomic E-state index is 0.678. The summed E-state index contributed by atoms with van der Waals surface area (Å²) >= 11 is 18.5. The first-order valence-corrected chi connectivity index (χ1v) is 8.92. The molecule has 1 heterocycles. The van der Waals surface area contributed by atoms with Crippen molar-refractivity contribution in [2.45, 2.75) is 6.42 Å². The molecule has 23 heavy (non-hydrogen) atoms. The number of piperazine rings is 1. The first-order valence-electron chi connectivity index (χ1n) is 7.79. The maximum atomic E-state index is 6.30. The van der Waals surface area contributed by atoms with E-state index in [0.29, 0.717) is 5.02 Å². The molecule has 0 atom stereocenters. The molecule has 0 bridgehead atoms. The van der Waals surface area contributed by atoms with Gasteiger partial charge in [0.05, 0.1) is 10.7 Å². The van der Waals surface area contributed by atoms with Crippen LogP contribution in [0, 0.1) is 0 Å². The lowest BCUT2D eigenvalue weighted by Crippen LogP contribution is -2.47. The summed E-state index contributed by atoms with van der Waals surface area (Å²) in [4.78, 5) is 4.80. The van der Waals surface area contributed by atoms with Crippen molar-refractivity contribution in [2.75, 3.05) is 37.6 Å². The van der Waals surface area contributed by atoms with Gasteiger partial charge in [0.15, 0.2) is 0 Å². The van der Waals surface area contributed by atoms with E-state index in [1.807, 2.05) is 36.4 Å². The Hall–Kier alpha value is -0.930. The van der Waals surface area contributed by atoms with Gasteiger partial charge in [0.1, 0.15) is 0 Å². The maximum Gasteiger partial charge on any atom is 0.0654 e. The predicted molar refractivity (Wildman–Crippen MR) is 100 cm³/mol. The molecule has 122 valence electrons. The number of halogens is 3. The molecule has 0 radical (unpaired) electrons. The average molecular weight is 370 g/mol. The van der Waals surface area contributed by atoms with E-state index in [4.69, 9.17) is 34.8 Å². The Labute approximate surface area is 152 Å².